The van der Waals surface area contributed by atoms with E-state index in [2.05, 4.69) is 33.7 Å². The molecule has 1 aromatic heterocycles. The van der Waals surface area contributed by atoms with Crippen molar-refractivity contribution in [1.82, 2.24) is 10.2 Å². The third-order valence-electron chi connectivity index (χ3n) is 3.00. The zero-order valence-corrected chi connectivity index (χ0v) is 9.89. The molecule has 1 aliphatic rings. The molecule has 1 aromatic carbocycles. The molecule has 0 radical (unpaired) electrons. The van der Waals surface area contributed by atoms with Crippen LogP contribution in [0, 0.1) is 0 Å². The molecular weight excluding hydrogens is 218 g/mol. The van der Waals surface area contributed by atoms with Gasteiger partial charge < -0.3 is 5.32 Å². The lowest BCUT2D eigenvalue weighted by molar-refractivity contribution is 0.686. The van der Waals surface area contributed by atoms with Gasteiger partial charge in [0, 0.05) is 22.9 Å². The summed E-state index contributed by atoms with van der Waals surface area (Å²) in [6.45, 7) is 0. The number of nitrogens with one attached hydrogen (secondary N) is 2. The first-order chi connectivity index (χ1) is 7.93. The smallest absolute Gasteiger partial charge is 0.0671 e. The largest absolute Gasteiger partial charge is 0.381 e. The minimum atomic E-state index is 0.610. The van der Waals surface area contributed by atoms with E-state index in [-0.39, 0.29) is 0 Å². The molecule has 0 saturated carbocycles. The Balaban J connectivity index is 1.85. The fourth-order valence-electron chi connectivity index (χ4n) is 2.17. The number of aromatic nitrogens is 2. The quantitative estimate of drug-likeness (QED) is 0.838. The zero-order chi connectivity index (χ0) is 10.8. The molecule has 4 heteroatoms. The summed E-state index contributed by atoms with van der Waals surface area (Å²) < 4.78 is 0. The Hall–Kier alpha value is -1.16. The summed E-state index contributed by atoms with van der Waals surface area (Å²) in [6.07, 6.45) is 4.50. The van der Waals surface area contributed by atoms with Crippen molar-refractivity contribution in [3.05, 3.63) is 24.4 Å². The van der Waals surface area contributed by atoms with Gasteiger partial charge in [-0.3, -0.25) is 5.10 Å². The Kier molecular flexibility index (Phi) is 2.74. The molecule has 3 rings (SSSR count). The van der Waals surface area contributed by atoms with Crippen LogP contribution < -0.4 is 5.32 Å². The van der Waals surface area contributed by atoms with Gasteiger partial charge in [-0.2, -0.15) is 16.9 Å². The van der Waals surface area contributed by atoms with E-state index in [4.69, 9.17) is 0 Å². The average Bonchev–Trinajstić information content (AvgIpc) is 2.80. The minimum Gasteiger partial charge on any atom is -0.381 e. The van der Waals surface area contributed by atoms with E-state index in [1.807, 2.05) is 18.0 Å². The molecule has 16 heavy (non-hydrogen) atoms. The number of rotatable bonds is 2. The van der Waals surface area contributed by atoms with Crippen LogP contribution in [-0.4, -0.2) is 27.7 Å². The van der Waals surface area contributed by atoms with Crippen LogP contribution in [0.25, 0.3) is 10.9 Å². The van der Waals surface area contributed by atoms with E-state index in [1.54, 1.807) is 0 Å². The van der Waals surface area contributed by atoms with Crippen molar-refractivity contribution >= 4 is 28.4 Å². The monoisotopic (exact) mass is 233 g/mol. The highest BCUT2D eigenvalue weighted by atomic mass is 32.2. The topological polar surface area (TPSA) is 40.7 Å². The zero-order valence-electron chi connectivity index (χ0n) is 9.07. The van der Waals surface area contributed by atoms with Crippen molar-refractivity contribution in [3.63, 3.8) is 0 Å². The summed E-state index contributed by atoms with van der Waals surface area (Å²) in [4.78, 5) is 0. The SMILES string of the molecule is c1cc(NC2CCCSC2)c2cn[nH]c2c1. The van der Waals surface area contributed by atoms with E-state index in [0.29, 0.717) is 6.04 Å². The predicted molar refractivity (Wildman–Crippen MR) is 70.1 cm³/mol. The molecule has 2 aromatic rings. The number of anilines is 1. The Morgan fingerprint density at radius 2 is 2.44 bits per heavy atom. The standard InChI is InChI=1S/C12H15N3S/c1-4-11(10-7-13-15-12(10)5-1)14-9-3-2-6-16-8-9/h1,4-5,7,9,14H,2-3,6,8H2,(H,13,15). The third kappa shape index (κ3) is 1.89. The Morgan fingerprint density at radius 3 is 3.31 bits per heavy atom. The minimum absolute atomic E-state index is 0.610. The average molecular weight is 233 g/mol. The molecule has 1 aliphatic heterocycles. The molecule has 0 aliphatic carbocycles. The van der Waals surface area contributed by atoms with Gasteiger partial charge in [0.15, 0.2) is 0 Å². The van der Waals surface area contributed by atoms with Gasteiger partial charge in [0.1, 0.15) is 0 Å². The molecule has 0 bridgehead atoms. The Bertz CT molecular complexity index is 474. The van der Waals surface area contributed by atoms with E-state index in [1.165, 1.54) is 35.4 Å². The fraction of sp³-hybridized carbons (Fsp3) is 0.417. The number of thioether (sulfide) groups is 1. The second-order valence-electron chi connectivity index (χ2n) is 4.20. The second-order valence-corrected chi connectivity index (χ2v) is 5.35. The van der Waals surface area contributed by atoms with Crippen LogP contribution in [0.1, 0.15) is 12.8 Å². The van der Waals surface area contributed by atoms with Gasteiger partial charge in [-0.15, -0.1) is 0 Å². The van der Waals surface area contributed by atoms with Gasteiger partial charge >= 0.3 is 0 Å². The molecule has 1 fully saturated rings. The normalized spacial score (nSPS) is 21.1. The summed E-state index contributed by atoms with van der Waals surface area (Å²) in [5.74, 6) is 2.53. The van der Waals surface area contributed by atoms with E-state index < -0.39 is 0 Å². The van der Waals surface area contributed by atoms with E-state index in [0.717, 1.165) is 5.52 Å². The van der Waals surface area contributed by atoms with Crippen molar-refractivity contribution in [1.29, 1.82) is 0 Å². The van der Waals surface area contributed by atoms with Crippen molar-refractivity contribution in [2.24, 2.45) is 0 Å². The highest BCUT2D eigenvalue weighted by molar-refractivity contribution is 7.99. The van der Waals surface area contributed by atoms with Crippen LogP contribution in [0.2, 0.25) is 0 Å². The van der Waals surface area contributed by atoms with Crippen molar-refractivity contribution < 1.29 is 0 Å². The highest BCUT2D eigenvalue weighted by Gasteiger charge is 2.14. The first-order valence-electron chi connectivity index (χ1n) is 5.70. The van der Waals surface area contributed by atoms with Crippen LogP contribution in [0.3, 0.4) is 0 Å². The van der Waals surface area contributed by atoms with E-state index in [9.17, 15) is 0 Å². The highest BCUT2D eigenvalue weighted by Crippen LogP contribution is 2.25. The molecule has 0 amide bonds. The van der Waals surface area contributed by atoms with E-state index >= 15 is 0 Å². The van der Waals surface area contributed by atoms with Gasteiger partial charge in [0.25, 0.3) is 0 Å². The summed E-state index contributed by atoms with van der Waals surface area (Å²) in [5, 5.41) is 11.9. The maximum atomic E-state index is 4.08. The van der Waals surface area contributed by atoms with Crippen LogP contribution in [-0.2, 0) is 0 Å². The van der Waals surface area contributed by atoms with Crippen molar-refractivity contribution in [3.8, 4) is 0 Å². The number of hydrogen-bond donors (Lipinski definition) is 2. The number of H-pyrrole nitrogens is 1. The first-order valence-corrected chi connectivity index (χ1v) is 6.85. The van der Waals surface area contributed by atoms with Crippen LogP contribution >= 0.6 is 11.8 Å². The first kappa shape index (κ1) is 10.0. The molecule has 0 spiro atoms. The van der Waals surface area contributed by atoms with Gasteiger partial charge in [-0.05, 0) is 30.7 Å². The molecule has 2 N–H and O–H groups in total. The van der Waals surface area contributed by atoms with Gasteiger partial charge in [-0.1, -0.05) is 6.07 Å². The molecular formula is C12H15N3S. The number of aromatic amines is 1. The lowest BCUT2D eigenvalue weighted by Gasteiger charge is -2.23. The molecule has 1 atom stereocenters. The number of fused-ring (bicyclic) bond motifs is 1. The maximum absolute atomic E-state index is 4.08. The van der Waals surface area contributed by atoms with Crippen molar-refractivity contribution in [2.75, 3.05) is 16.8 Å². The lowest BCUT2D eigenvalue weighted by Crippen LogP contribution is -2.25. The second kappa shape index (κ2) is 4.37. The molecule has 2 heterocycles. The molecule has 3 nitrogen and oxygen atoms in total. The van der Waals surface area contributed by atoms with Gasteiger partial charge in [-0.25, -0.2) is 0 Å². The summed E-state index contributed by atoms with van der Waals surface area (Å²) >= 11 is 2.04. The number of nitrogens with zero attached hydrogens (tertiary/aromatic N) is 1. The fourth-order valence-corrected chi connectivity index (χ4v) is 3.24. The summed E-state index contributed by atoms with van der Waals surface area (Å²) in [5.41, 5.74) is 2.31. The summed E-state index contributed by atoms with van der Waals surface area (Å²) in [6, 6.07) is 6.87. The van der Waals surface area contributed by atoms with Crippen molar-refractivity contribution in [2.45, 2.75) is 18.9 Å². The van der Waals surface area contributed by atoms with Gasteiger partial charge in [0.05, 0.1) is 11.7 Å². The lowest BCUT2D eigenvalue weighted by atomic mass is 10.1. The molecule has 84 valence electrons. The number of hydrogen-bond acceptors (Lipinski definition) is 3. The third-order valence-corrected chi connectivity index (χ3v) is 4.22. The molecule has 1 unspecified atom stereocenters. The Morgan fingerprint density at radius 1 is 1.44 bits per heavy atom. The summed E-state index contributed by atoms with van der Waals surface area (Å²) in [7, 11) is 0. The predicted octanol–water partition coefficient (Wildman–Crippen LogP) is 2.87. The molecule has 1 saturated heterocycles. The Labute approximate surface area is 99.0 Å². The van der Waals surface area contributed by atoms with Crippen LogP contribution in [0.5, 0.6) is 0 Å². The van der Waals surface area contributed by atoms with Crippen LogP contribution in [0.4, 0.5) is 5.69 Å². The van der Waals surface area contributed by atoms with Crippen LogP contribution in [0.15, 0.2) is 24.4 Å². The number of benzene rings is 1. The van der Waals surface area contributed by atoms with Gasteiger partial charge in [0.2, 0.25) is 0 Å². The maximum Gasteiger partial charge on any atom is 0.0671 e.